The highest BCUT2D eigenvalue weighted by Crippen LogP contribution is 2.08. The minimum Gasteiger partial charge on any atom is -0.383 e. The molecule has 1 heterocycles. The first-order chi connectivity index (χ1) is 5.25. The number of hydrogen-bond acceptors (Lipinski definition) is 2. The molecule has 11 heavy (non-hydrogen) atoms. The van der Waals surface area contributed by atoms with Crippen LogP contribution in [0, 0.1) is 10.5 Å². The summed E-state index contributed by atoms with van der Waals surface area (Å²) in [6, 6.07) is 0. The molecule has 1 rings (SSSR count). The quantitative estimate of drug-likeness (QED) is 0.774. The van der Waals surface area contributed by atoms with Gasteiger partial charge in [-0.1, -0.05) is 0 Å². The second-order valence-corrected chi connectivity index (χ2v) is 3.46. The van der Waals surface area contributed by atoms with E-state index in [0.29, 0.717) is 0 Å². The topological polar surface area (TPSA) is 27.1 Å². The van der Waals surface area contributed by atoms with Crippen molar-refractivity contribution in [1.82, 2.24) is 9.78 Å². The van der Waals surface area contributed by atoms with Gasteiger partial charge in [0.1, 0.15) is 0 Å². The molecule has 0 aromatic carbocycles. The highest BCUT2D eigenvalue weighted by atomic mass is 127. The lowest BCUT2D eigenvalue weighted by atomic mass is 10.5. The highest BCUT2D eigenvalue weighted by Gasteiger charge is 2.01. The third-order valence-corrected chi connectivity index (χ3v) is 2.61. The molecule has 0 saturated heterocycles. The third-order valence-electron chi connectivity index (χ3n) is 1.55. The summed E-state index contributed by atoms with van der Waals surface area (Å²) in [5, 5.41) is 4.18. The largest absolute Gasteiger partial charge is 0.383 e. The van der Waals surface area contributed by atoms with E-state index >= 15 is 0 Å². The number of methoxy groups -OCH3 is 1. The average Bonchev–Trinajstić information content (AvgIpc) is 2.31. The van der Waals surface area contributed by atoms with Crippen molar-refractivity contribution in [3.05, 3.63) is 15.5 Å². The number of ether oxygens (including phenoxy) is 1. The third kappa shape index (κ3) is 2.16. The van der Waals surface area contributed by atoms with E-state index in [1.54, 1.807) is 7.11 Å². The van der Waals surface area contributed by atoms with Crippen molar-refractivity contribution < 1.29 is 4.74 Å². The SMILES string of the molecule is COCCn1ncc(I)c1C. The van der Waals surface area contributed by atoms with Crippen molar-refractivity contribution in [2.45, 2.75) is 13.5 Å². The van der Waals surface area contributed by atoms with Gasteiger partial charge < -0.3 is 4.74 Å². The summed E-state index contributed by atoms with van der Waals surface area (Å²) < 4.78 is 8.10. The van der Waals surface area contributed by atoms with E-state index in [4.69, 9.17) is 4.74 Å². The van der Waals surface area contributed by atoms with E-state index in [2.05, 4.69) is 34.6 Å². The monoisotopic (exact) mass is 266 g/mol. The van der Waals surface area contributed by atoms with Gasteiger partial charge in [-0.05, 0) is 29.5 Å². The Labute approximate surface area is 79.9 Å². The summed E-state index contributed by atoms with van der Waals surface area (Å²) in [5.41, 5.74) is 1.21. The summed E-state index contributed by atoms with van der Waals surface area (Å²) in [6.07, 6.45) is 1.87. The van der Waals surface area contributed by atoms with E-state index < -0.39 is 0 Å². The van der Waals surface area contributed by atoms with Crippen molar-refractivity contribution in [3.8, 4) is 0 Å². The van der Waals surface area contributed by atoms with Crippen LogP contribution in [0.1, 0.15) is 5.69 Å². The average molecular weight is 266 g/mol. The Balaban J connectivity index is 2.63. The van der Waals surface area contributed by atoms with E-state index in [9.17, 15) is 0 Å². The van der Waals surface area contributed by atoms with E-state index in [-0.39, 0.29) is 0 Å². The van der Waals surface area contributed by atoms with Crippen molar-refractivity contribution in [2.24, 2.45) is 0 Å². The lowest BCUT2D eigenvalue weighted by molar-refractivity contribution is 0.183. The fourth-order valence-corrected chi connectivity index (χ4v) is 1.23. The molecule has 0 fully saturated rings. The summed E-state index contributed by atoms with van der Waals surface area (Å²) in [7, 11) is 1.70. The first kappa shape index (κ1) is 8.99. The molecule has 0 aliphatic heterocycles. The van der Waals surface area contributed by atoms with Gasteiger partial charge >= 0.3 is 0 Å². The molecule has 4 heteroatoms. The van der Waals surface area contributed by atoms with Gasteiger partial charge in [-0.15, -0.1) is 0 Å². The first-order valence-corrected chi connectivity index (χ1v) is 4.50. The normalized spacial score (nSPS) is 10.5. The summed E-state index contributed by atoms with van der Waals surface area (Å²) >= 11 is 2.27. The highest BCUT2D eigenvalue weighted by molar-refractivity contribution is 14.1. The van der Waals surface area contributed by atoms with Gasteiger partial charge in [0.2, 0.25) is 0 Å². The molecule has 0 atom stereocenters. The lowest BCUT2D eigenvalue weighted by Gasteiger charge is -2.02. The molecule has 0 radical (unpaired) electrons. The van der Waals surface area contributed by atoms with Gasteiger partial charge in [-0.2, -0.15) is 5.10 Å². The number of halogens is 1. The van der Waals surface area contributed by atoms with Gasteiger partial charge in [0.15, 0.2) is 0 Å². The molecule has 0 saturated carbocycles. The van der Waals surface area contributed by atoms with Crippen LogP contribution in [0.15, 0.2) is 6.20 Å². The second kappa shape index (κ2) is 4.06. The van der Waals surface area contributed by atoms with E-state index in [0.717, 1.165) is 13.2 Å². The molecule has 62 valence electrons. The van der Waals surface area contributed by atoms with E-state index in [1.165, 1.54) is 9.26 Å². The molecule has 1 aromatic rings. The fraction of sp³-hybridized carbons (Fsp3) is 0.571. The summed E-state index contributed by atoms with van der Waals surface area (Å²) in [5.74, 6) is 0. The Morgan fingerprint density at radius 3 is 2.91 bits per heavy atom. The van der Waals surface area contributed by atoms with Gasteiger partial charge in [-0.25, -0.2) is 0 Å². The maximum atomic E-state index is 4.95. The summed E-state index contributed by atoms with van der Waals surface area (Å²) in [6.45, 7) is 3.62. The van der Waals surface area contributed by atoms with Crippen LogP contribution in [-0.2, 0) is 11.3 Å². The van der Waals surface area contributed by atoms with Crippen LogP contribution in [0.2, 0.25) is 0 Å². The van der Waals surface area contributed by atoms with Gasteiger partial charge in [-0.3, -0.25) is 4.68 Å². The minimum atomic E-state index is 0.721. The van der Waals surface area contributed by atoms with Gasteiger partial charge in [0, 0.05) is 12.8 Å². The van der Waals surface area contributed by atoms with Gasteiger partial charge in [0.05, 0.1) is 22.9 Å². The Morgan fingerprint density at radius 1 is 1.73 bits per heavy atom. The standard InChI is InChI=1S/C7H11IN2O/c1-6-7(8)5-9-10(6)3-4-11-2/h5H,3-4H2,1-2H3. The molecule has 1 aromatic heterocycles. The van der Waals surface area contributed by atoms with Crippen LogP contribution in [-0.4, -0.2) is 23.5 Å². The Hall–Kier alpha value is -0.100. The Kier molecular flexibility index (Phi) is 3.32. The maximum Gasteiger partial charge on any atom is 0.0658 e. The van der Waals surface area contributed by atoms with Crippen LogP contribution in [0.3, 0.4) is 0 Å². The summed E-state index contributed by atoms with van der Waals surface area (Å²) in [4.78, 5) is 0. The van der Waals surface area contributed by atoms with Crippen LogP contribution in [0.4, 0.5) is 0 Å². The number of aromatic nitrogens is 2. The molecule has 0 N–H and O–H groups in total. The predicted molar refractivity (Wildman–Crippen MR) is 51.6 cm³/mol. The molecule has 0 spiro atoms. The molecule has 0 unspecified atom stereocenters. The molecule has 0 aliphatic rings. The number of rotatable bonds is 3. The first-order valence-electron chi connectivity index (χ1n) is 3.42. The van der Waals surface area contributed by atoms with Crippen LogP contribution < -0.4 is 0 Å². The molecule has 3 nitrogen and oxygen atoms in total. The fourth-order valence-electron chi connectivity index (χ4n) is 0.827. The maximum absolute atomic E-state index is 4.95. The Bertz CT molecular complexity index is 234. The van der Waals surface area contributed by atoms with Crippen LogP contribution >= 0.6 is 22.6 Å². The molecule has 0 amide bonds. The van der Waals surface area contributed by atoms with Crippen LogP contribution in [0.5, 0.6) is 0 Å². The van der Waals surface area contributed by atoms with Crippen molar-refractivity contribution in [2.75, 3.05) is 13.7 Å². The Morgan fingerprint density at radius 2 is 2.45 bits per heavy atom. The lowest BCUT2D eigenvalue weighted by Crippen LogP contribution is -2.07. The molecule has 0 aliphatic carbocycles. The minimum absolute atomic E-state index is 0.721. The van der Waals surface area contributed by atoms with Crippen LogP contribution in [0.25, 0.3) is 0 Å². The predicted octanol–water partition coefficient (Wildman–Crippen LogP) is 1.44. The smallest absolute Gasteiger partial charge is 0.0658 e. The van der Waals surface area contributed by atoms with Gasteiger partial charge in [0.25, 0.3) is 0 Å². The van der Waals surface area contributed by atoms with Crippen molar-refractivity contribution >= 4 is 22.6 Å². The zero-order chi connectivity index (χ0) is 8.27. The van der Waals surface area contributed by atoms with E-state index in [1.807, 2.05) is 10.9 Å². The molecule has 0 bridgehead atoms. The second-order valence-electron chi connectivity index (χ2n) is 2.29. The zero-order valence-electron chi connectivity index (χ0n) is 6.67. The molecular weight excluding hydrogens is 255 g/mol. The molecular formula is C7H11IN2O. The number of hydrogen-bond donors (Lipinski definition) is 0. The number of nitrogens with zero attached hydrogens (tertiary/aromatic N) is 2. The zero-order valence-corrected chi connectivity index (χ0v) is 8.83. The van der Waals surface area contributed by atoms with Crippen molar-refractivity contribution in [1.29, 1.82) is 0 Å². The van der Waals surface area contributed by atoms with Crippen molar-refractivity contribution in [3.63, 3.8) is 0 Å².